The summed E-state index contributed by atoms with van der Waals surface area (Å²) in [4.78, 5) is 15.6. The first kappa shape index (κ1) is 14.4. The molecule has 0 unspecified atom stereocenters. The average Bonchev–Trinajstić information content (AvgIpc) is 2.47. The van der Waals surface area contributed by atoms with E-state index in [4.69, 9.17) is 5.84 Å². The van der Waals surface area contributed by atoms with E-state index < -0.39 is 17.5 Å². The molecule has 0 fully saturated rings. The number of nitrogens with one attached hydrogen (secondary N) is 1. The third-order valence-electron chi connectivity index (χ3n) is 2.44. The van der Waals surface area contributed by atoms with Crippen LogP contribution in [-0.4, -0.2) is 10.9 Å². The van der Waals surface area contributed by atoms with Crippen LogP contribution >= 0.6 is 11.8 Å². The van der Waals surface area contributed by atoms with Gasteiger partial charge in [-0.25, -0.2) is 19.6 Å². The van der Waals surface area contributed by atoms with Crippen molar-refractivity contribution in [2.75, 3.05) is 0 Å². The van der Waals surface area contributed by atoms with Crippen LogP contribution in [0.1, 0.15) is 16.2 Å². The summed E-state index contributed by atoms with van der Waals surface area (Å²) < 4.78 is 26.5. The van der Waals surface area contributed by atoms with Crippen molar-refractivity contribution in [2.45, 2.75) is 10.6 Å². The van der Waals surface area contributed by atoms with Crippen LogP contribution < -0.4 is 11.3 Å². The highest BCUT2D eigenvalue weighted by Crippen LogP contribution is 2.25. The minimum absolute atomic E-state index is 0.172. The molecule has 4 nitrogen and oxygen atoms in total. The maximum atomic E-state index is 13.4. The van der Waals surface area contributed by atoms with E-state index in [1.165, 1.54) is 6.07 Å². The predicted octanol–water partition coefficient (Wildman–Crippen LogP) is 2.26. The molecule has 1 amide bonds. The fraction of sp³-hybridized carbons (Fsp3) is 0.0769. The van der Waals surface area contributed by atoms with Crippen molar-refractivity contribution in [1.82, 2.24) is 10.4 Å². The molecule has 7 heteroatoms. The summed E-state index contributed by atoms with van der Waals surface area (Å²) in [5, 5.41) is 0. The number of nitrogens with two attached hydrogens (primary N) is 1. The number of aromatic nitrogens is 1. The van der Waals surface area contributed by atoms with Crippen LogP contribution in [0.15, 0.2) is 41.3 Å². The molecule has 0 aliphatic rings. The molecule has 20 heavy (non-hydrogen) atoms. The lowest BCUT2D eigenvalue weighted by atomic mass is 10.3. The van der Waals surface area contributed by atoms with Crippen molar-refractivity contribution < 1.29 is 13.6 Å². The van der Waals surface area contributed by atoms with Crippen LogP contribution in [-0.2, 0) is 5.75 Å². The van der Waals surface area contributed by atoms with Crippen LogP contribution in [0.2, 0.25) is 0 Å². The van der Waals surface area contributed by atoms with E-state index in [1.807, 2.05) is 5.43 Å². The maximum Gasteiger partial charge on any atom is 0.283 e. The quantitative estimate of drug-likeness (QED) is 0.393. The van der Waals surface area contributed by atoms with E-state index in [0.717, 1.165) is 30.0 Å². The van der Waals surface area contributed by atoms with Gasteiger partial charge in [0.05, 0.1) is 5.69 Å². The third-order valence-corrected chi connectivity index (χ3v) is 3.50. The molecular weight excluding hydrogens is 284 g/mol. The minimum Gasteiger partial charge on any atom is -0.289 e. The van der Waals surface area contributed by atoms with E-state index in [1.54, 1.807) is 12.1 Å². The van der Waals surface area contributed by atoms with Gasteiger partial charge in [0.2, 0.25) is 0 Å². The molecular formula is C13H11F2N3OS. The molecule has 0 aliphatic heterocycles. The molecule has 0 radical (unpaired) electrons. The smallest absolute Gasteiger partial charge is 0.283 e. The van der Waals surface area contributed by atoms with Crippen LogP contribution in [0.4, 0.5) is 8.78 Å². The summed E-state index contributed by atoms with van der Waals surface area (Å²) in [5.41, 5.74) is 2.72. The normalized spacial score (nSPS) is 10.3. The van der Waals surface area contributed by atoms with Crippen molar-refractivity contribution >= 4 is 17.7 Å². The highest BCUT2D eigenvalue weighted by molar-refractivity contribution is 7.98. The molecule has 0 saturated carbocycles. The lowest BCUT2D eigenvalue weighted by molar-refractivity contribution is 0.0948. The largest absolute Gasteiger partial charge is 0.289 e. The van der Waals surface area contributed by atoms with Crippen LogP contribution in [0.25, 0.3) is 0 Å². The highest BCUT2D eigenvalue weighted by atomic mass is 32.2. The van der Waals surface area contributed by atoms with E-state index in [9.17, 15) is 13.6 Å². The summed E-state index contributed by atoms with van der Waals surface area (Å²) in [7, 11) is 0. The second-order valence-electron chi connectivity index (χ2n) is 3.85. The van der Waals surface area contributed by atoms with Gasteiger partial charge >= 0.3 is 0 Å². The van der Waals surface area contributed by atoms with Gasteiger partial charge in [-0.05, 0) is 30.3 Å². The predicted molar refractivity (Wildman–Crippen MR) is 71.8 cm³/mol. The SMILES string of the molecule is NNC(=O)c1cccc(CSc2cc(F)ccc2F)n1. The van der Waals surface area contributed by atoms with E-state index >= 15 is 0 Å². The summed E-state index contributed by atoms with van der Waals surface area (Å²) in [6, 6.07) is 8.11. The number of benzene rings is 1. The standard InChI is InChI=1S/C13H11F2N3OS/c14-8-4-5-10(15)12(6-8)20-7-9-2-1-3-11(17-9)13(19)18-16/h1-6H,7,16H2,(H,18,19). The Bertz CT molecular complexity index is 637. The zero-order chi connectivity index (χ0) is 14.5. The Balaban J connectivity index is 2.11. The second kappa shape index (κ2) is 6.44. The fourth-order valence-electron chi connectivity index (χ4n) is 1.50. The molecule has 0 saturated heterocycles. The average molecular weight is 295 g/mol. The van der Waals surface area contributed by atoms with Crippen molar-refractivity contribution in [3.63, 3.8) is 0 Å². The summed E-state index contributed by atoms with van der Waals surface area (Å²) in [6.45, 7) is 0. The van der Waals surface area contributed by atoms with E-state index in [2.05, 4.69) is 4.98 Å². The number of halogens is 2. The first-order chi connectivity index (χ1) is 9.60. The van der Waals surface area contributed by atoms with E-state index in [0.29, 0.717) is 11.4 Å². The Morgan fingerprint density at radius 2 is 2.10 bits per heavy atom. The minimum atomic E-state index is -0.506. The molecule has 0 atom stereocenters. The van der Waals surface area contributed by atoms with Gasteiger partial charge in [0.25, 0.3) is 5.91 Å². The topological polar surface area (TPSA) is 68.0 Å². The number of carbonyl (C=O) groups excluding carboxylic acids is 1. The van der Waals surface area contributed by atoms with Crippen LogP contribution in [0.3, 0.4) is 0 Å². The molecule has 2 aromatic rings. The molecule has 104 valence electrons. The van der Waals surface area contributed by atoms with Gasteiger partial charge in [0.1, 0.15) is 17.3 Å². The number of pyridine rings is 1. The molecule has 1 aromatic heterocycles. The van der Waals surface area contributed by atoms with Gasteiger partial charge in [-0.1, -0.05) is 6.07 Å². The van der Waals surface area contributed by atoms with Gasteiger partial charge in [-0.15, -0.1) is 11.8 Å². The Morgan fingerprint density at radius 1 is 1.30 bits per heavy atom. The number of hydrogen-bond acceptors (Lipinski definition) is 4. The lowest BCUT2D eigenvalue weighted by Crippen LogP contribution is -2.30. The Labute approximate surface area is 118 Å². The molecule has 1 aromatic carbocycles. The van der Waals surface area contributed by atoms with Crippen molar-refractivity contribution in [3.8, 4) is 0 Å². The van der Waals surface area contributed by atoms with Crippen molar-refractivity contribution in [1.29, 1.82) is 0 Å². The van der Waals surface area contributed by atoms with E-state index in [-0.39, 0.29) is 10.6 Å². The van der Waals surface area contributed by atoms with Gasteiger partial charge in [0.15, 0.2) is 0 Å². The number of nitrogen functional groups attached to an aromatic ring is 1. The number of hydrogen-bond donors (Lipinski definition) is 2. The fourth-order valence-corrected chi connectivity index (χ4v) is 2.37. The van der Waals surface area contributed by atoms with Gasteiger partial charge in [-0.2, -0.15) is 0 Å². The van der Waals surface area contributed by atoms with Crippen molar-refractivity contribution in [2.24, 2.45) is 5.84 Å². The molecule has 0 spiro atoms. The summed E-state index contributed by atoms with van der Waals surface area (Å²) in [6.07, 6.45) is 0. The van der Waals surface area contributed by atoms with Gasteiger partial charge < -0.3 is 0 Å². The van der Waals surface area contributed by atoms with Gasteiger partial charge in [0, 0.05) is 10.6 Å². The zero-order valence-electron chi connectivity index (χ0n) is 10.3. The van der Waals surface area contributed by atoms with Crippen LogP contribution in [0, 0.1) is 11.6 Å². The molecule has 0 bridgehead atoms. The highest BCUT2D eigenvalue weighted by Gasteiger charge is 2.08. The first-order valence-corrected chi connectivity index (χ1v) is 6.63. The number of nitrogens with zero attached hydrogens (tertiary/aromatic N) is 1. The zero-order valence-corrected chi connectivity index (χ0v) is 11.1. The summed E-state index contributed by atoms with van der Waals surface area (Å²) in [5.74, 6) is 3.83. The number of amides is 1. The third kappa shape index (κ3) is 3.52. The Morgan fingerprint density at radius 3 is 2.85 bits per heavy atom. The molecule has 2 rings (SSSR count). The first-order valence-electron chi connectivity index (χ1n) is 5.65. The molecule has 0 aliphatic carbocycles. The molecule has 1 heterocycles. The monoisotopic (exact) mass is 295 g/mol. The van der Waals surface area contributed by atoms with Crippen LogP contribution in [0.5, 0.6) is 0 Å². The summed E-state index contributed by atoms with van der Waals surface area (Å²) >= 11 is 1.10. The number of carbonyl (C=O) groups is 1. The Kier molecular flexibility index (Phi) is 4.65. The lowest BCUT2D eigenvalue weighted by Gasteiger charge is -2.05. The number of rotatable bonds is 4. The second-order valence-corrected chi connectivity index (χ2v) is 4.87. The molecule has 3 N–H and O–H groups in total. The van der Waals surface area contributed by atoms with Crippen molar-refractivity contribution in [3.05, 3.63) is 59.4 Å². The number of hydrazine groups is 1. The Hall–Kier alpha value is -1.99. The number of thioether (sulfide) groups is 1. The van der Waals surface area contributed by atoms with Gasteiger partial charge in [-0.3, -0.25) is 10.2 Å². The maximum absolute atomic E-state index is 13.4.